The molecule has 21 heavy (non-hydrogen) atoms. The molecule has 0 aliphatic rings. The average Bonchev–Trinajstić information content (AvgIpc) is 2.40. The van der Waals surface area contributed by atoms with Gasteiger partial charge < -0.3 is 10.4 Å². The number of urea groups is 1. The maximum atomic E-state index is 11.7. The number of carbonyl (C=O) groups excluding carboxylic acids is 2. The maximum Gasteiger partial charge on any atom is 0.331 e. The predicted octanol–water partition coefficient (Wildman–Crippen LogP) is 3.17. The third-order valence-corrected chi connectivity index (χ3v) is 3.45. The highest BCUT2D eigenvalue weighted by Gasteiger charge is 2.15. The molecule has 0 aliphatic carbocycles. The maximum absolute atomic E-state index is 11.7. The normalized spacial score (nSPS) is 11.4. The molecule has 0 heterocycles. The van der Waals surface area contributed by atoms with E-state index in [9.17, 15) is 14.4 Å². The van der Waals surface area contributed by atoms with Gasteiger partial charge in [-0.15, -0.1) is 0 Å². The first-order valence-corrected chi connectivity index (χ1v) is 6.87. The summed E-state index contributed by atoms with van der Waals surface area (Å²) in [5.41, 5.74) is 0.117. The highest BCUT2D eigenvalue weighted by atomic mass is 79.9. The summed E-state index contributed by atoms with van der Waals surface area (Å²) in [6.45, 7) is 2.60. The molecule has 8 heteroatoms. The second kappa shape index (κ2) is 7.24. The minimum Gasteiger partial charge on any atom is -0.478 e. The molecular weight excluding hydrogens is 364 g/mol. The Kier molecular flexibility index (Phi) is 5.92. The molecule has 112 valence electrons. The molecule has 0 aliphatic heterocycles. The smallest absolute Gasteiger partial charge is 0.331 e. The van der Waals surface area contributed by atoms with Crippen molar-refractivity contribution in [2.75, 3.05) is 5.32 Å². The SMILES string of the molecule is CC(C(=O)O)=C(C)C(=O)NC(=O)Nc1cc(Br)ccc1Cl. The Balaban J connectivity index is 2.79. The lowest BCUT2D eigenvalue weighted by Crippen LogP contribution is -2.35. The monoisotopic (exact) mass is 374 g/mol. The second-order valence-corrected chi connectivity index (χ2v) is 5.41. The molecule has 0 radical (unpaired) electrons. The van der Waals surface area contributed by atoms with Gasteiger partial charge in [-0.2, -0.15) is 0 Å². The van der Waals surface area contributed by atoms with Crippen LogP contribution in [0.25, 0.3) is 0 Å². The minimum absolute atomic E-state index is 0.0574. The molecular formula is C13H12BrClN2O4. The molecule has 0 aromatic heterocycles. The average molecular weight is 376 g/mol. The summed E-state index contributed by atoms with van der Waals surface area (Å²) >= 11 is 9.12. The zero-order valence-electron chi connectivity index (χ0n) is 11.2. The third-order valence-electron chi connectivity index (χ3n) is 2.63. The molecule has 3 N–H and O–H groups in total. The summed E-state index contributed by atoms with van der Waals surface area (Å²) < 4.78 is 0.700. The van der Waals surface area contributed by atoms with Crippen LogP contribution in [-0.4, -0.2) is 23.0 Å². The molecule has 0 atom stereocenters. The van der Waals surface area contributed by atoms with Crippen LogP contribution in [0.4, 0.5) is 10.5 Å². The Morgan fingerprint density at radius 1 is 1.19 bits per heavy atom. The quantitative estimate of drug-likeness (QED) is 0.707. The summed E-state index contributed by atoms with van der Waals surface area (Å²) in [4.78, 5) is 34.1. The lowest BCUT2D eigenvalue weighted by atomic mass is 10.1. The molecule has 0 spiro atoms. The Hall–Kier alpha value is -1.86. The van der Waals surface area contributed by atoms with Crippen molar-refractivity contribution < 1.29 is 19.5 Å². The third kappa shape index (κ3) is 4.87. The van der Waals surface area contributed by atoms with Crippen LogP contribution in [0.3, 0.4) is 0 Å². The number of carbonyl (C=O) groups is 3. The Morgan fingerprint density at radius 3 is 2.38 bits per heavy atom. The van der Waals surface area contributed by atoms with E-state index in [0.717, 1.165) is 0 Å². The van der Waals surface area contributed by atoms with Crippen molar-refractivity contribution in [1.29, 1.82) is 0 Å². The van der Waals surface area contributed by atoms with E-state index in [1.165, 1.54) is 13.8 Å². The fraction of sp³-hybridized carbons (Fsp3) is 0.154. The van der Waals surface area contributed by atoms with E-state index in [4.69, 9.17) is 16.7 Å². The van der Waals surface area contributed by atoms with Crippen molar-refractivity contribution in [2.45, 2.75) is 13.8 Å². The number of imide groups is 1. The number of nitrogens with one attached hydrogen (secondary N) is 2. The van der Waals surface area contributed by atoms with Crippen molar-refractivity contribution in [1.82, 2.24) is 5.32 Å². The summed E-state index contributed by atoms with van der Waals surface area (Å²) in [7, 11) is 0. The van der Waals surface area contributed by atoms with Crippen molar-refractivity contribution in [3.8, 4) is 0 Å². The first-order chi connectivity index (χ1) is 9.72. The van der Waals surface area contributed by atoms with E-state index in [-0.39, 0.29) is 11.1 Å². The van der Waals surface area contributed by atoms with Crippen LogP contribution in [-0.2, 0) is 9.59 Å². The number of benzene rings is 1. The van der Waals surface area contributed by atoms with Gasteiger partial charge >= 0.3 is 12.0 Å². The van der Waals surface area contributed by atoms with Crippen LogP contribution in [0.2, 0.25) is 5.02 Å². The number of hydrogen-bond acceptors (Lipinski definition) is 3. The molecule has 6 nitrogen and oxygen atoms in total. The number of amides is 3. The van der Waals surface area contributed by atoms with Gasteiger partial charge in [0.1, 0.15) is 0 Å². The van der Waals surface area contributed by atoms with Crippen LogP contribution in [0.15, 0.2) is 33.8 Å². The number of hydrogen-bond donors (Lipinski definition) is 3. The highest BCUT2D eigenvalue weighted by Crippen LogP contribution is 2.25. The number of aliphatic carboxylic acids is 1. The van der Waals surface area contributed by atoms with Gasteiger partial charge in [0.05, 0.1) is 10.7 Å². The number of carboxylic acids is 1. The van der Waals surface area contributed by atoms with Crippen LogP contribution < -0.4 is 10.6 Å². The highest BCUT2D eigenvalue weighted by molar-refractivity contribution is 9.10. The number of rotatable bonds is 3. The van der Waals surface area contributed by atoms with E-state index >= 15 is 0 Å². The molecule has 0 unspecified atom stereocenters. The van der Waals surface area contributed by atoms with Gasteiger partial charge in [0, 0.05) is 15.6 Å². The predicted molar refractivity (Wildman–Crippen MR) is 82.3 cm³/mol. The van der Waals surface area contributed by atoms with E-state index in [0.29, 0.717) is 15.2 Å². The standard InChI is InChI=1S/C13H12BrClN2O4/c1-6(7(2)12(19)20)11(18)17-13(21)16-10-5-8(14)3-4-9(10)15/h3-5H,1-2H3,(H,19,20)(H2,16,17,18,21). The van der Waals surface area contributed by atoms with E-state index in [1.807, 2.05) is 5.32 Å². The molecule has 0 saturated heterocycles. The molecule has 3 amide bonds. The van der Waals surface area contributed by atoms with Gasteiger partial charge in [0.15, 0.2) is 0 Å². The zero-order valence-corrected chi connectivity index (χ0v) is 13.5. The molecule has 1 aromatic rings. The molecule has 1 aromatic carbocycles. The van der Waals surface area contributed by atoms with Gasteiger partial charge in [-0.05, 0) is 32.0 Å². The summed E-state index contributed by atoms with van der Waals surface area (Å²) in [6, 6.07) is 4.03. The van der Waals surface area contributed by atoms with Gasteiger partial charge in [-0.1, -0.05) is 27.5 Å². The summed E-state index contributed by atoms with van der Waals surface area (Å²) in [5, 5.41) is 13.5. The van der Waals surface area contributed by atoms with Crippen molar-refractivity contribution in [3.05, 3.63) is 38.8 Å². The Labute approximate surface area is 134 Å². The van der Waals surface area contributed by atoms with Gasteiger partial charge in [0.2, 0.25) is 0 Å². The second-order valence-electron chi connectivity index (χ2n) is 4.09. The van der Waals surface area contributed by atoms with Crippen LogP contribution in [0.1, 0.15) is 13.8 Å². The van der Waals surface area contributed by atoms with E-state index in [2.05, 4.69) is 21.2 Å². The molecule has 0 saturated carbocycles. The Morgan fingerprint density at radius 2 is 1.81 bits per heavy atom. The first-order valence-electron chi connectivity index (χ1n) is 5.70. The lowest BCUT2D eigenvalue weighted by molar-refractivity contribution is -0.133. The fourth-order valence-electron chi connectivity index (χ4n) is 1.27. The van der Waals surface area contributed by atoms with Gasteiger partial charge in [0.25, 0.3) is 5.91 Å². The van der Waals surface area contributed by atoms with Crippen LogP contribution in [0, 0.1) is 0 Å². The zero-order chi connectivity index (χ0) is 16.2. The molecule has 0 fully saturated rings. The number of anilines is 1. The number of halogens is 2. The molecule has 1 rings (SSSR count). The van der Waals surface area contributed by atoms with Crippen molar-refractivity contribution >= 4 is 51.1 Å². The topological polar surface area (TPSA) is 95.5 Å². The van der Waals surface area contributed by atoms with Crippen molar-refractivity contribution in [3.63, 3.8) is 0 Å². The van der Waals surface area contributed by atoms with Crippen molar-refractivity contribution in [2.24, 2.45) is 0 Å². The van der Waals surface area contributed by atoms with Crippen LogP contribution >= 0.6 is 27.5 Å². The van der Waals surface area contributed by atoms with E-state index in [1.54, 1.807) is 18.2 Å². The first kappa shape index (κ1) is 17.2. The molecule has 0 bridgehead atoms. The van der Waals surface area contributed by atoms with Gasteiger partial charge in [-0.3, -0.25) is 10.1 Å². The summed E-state index contributed by atoms with van der Waals surface area (Å²) in [5.74, 6) is -2.02. The Bertz CT molecular complexity index is 643. The van der Waals surface area contributed by atoms with Gasteiger partial charge in [-0.25, -0.2) is 9.59 Å². The largest absolute Gasteiger partial charge is 0.478 e. The minimum atomic E-state index is -1.22. The lowest BCUT2D eigenvalue weighted by Gasteiger charge is -2.09. The fourth-order valence-corrected chi connectivity index (χ4v) is 1.80. The number of carboxylic acid groups (broad SMARTS) is 1. The summed E-state index contributed by atoms with van der Waals surface area (Å²) in [6.07, 6.45) is 0. The van der Waals surface area contributed by atoms with Crippen LogP contribution in [0.5, 0.6) is 0 Å². The van der Waals surface area contributed by atoms with E-state index < -0.39 is 17.9 Å².